The third-order valence-electron chi connectivity index (χ3n) is 2.45. The van der Waals surface area contributed by atoms with Crippen molar-refractivity contribution in [3.05, 3.63) is 40.4 Å². The quantitative estimate of drug-likeness (QED) is 0.895. The molecule has 0 aliphatic carbocycles. The zero-order valence-electron chi connectivity index (χ0n) is 10.5. The van der Waals surface area contributed by atoms with Crippen molar-refractivity contribution in [2.45, 2.75) is 13.5 Å². The smallest absolute Gasteiger partial charge is 0.253 e. The minimum absolute atomic E-state index is 0.266. The molecular formula is C12H13ClN4O2. The fourth-order valence-electron chi connectivity index (χ4n) is 1.52. The van der Waals surface area contributed by atoms with Crippen molar-refractivity contribution in [3.63, 3.8) is 0 Å². The SMILES string of the molecule is CNc1ncc(C(=O)NCc2cc(C)on2)cc1Cl. The molecule has 6 nitrogen and oxygen atoms in total. The van der Waals surface area contributed by atoms with Gasteiger partial charge in [-0.2, -0.15) is 0 Å². The van der Waals surface area contributed by atoms with Gasteiger partial charge < -0.3 is 15.2 Å². The summed E-state index contributed by atoms with van der Waals surface area (Å²) in [6, 6.07) is 3.32. The molecule has 0 saturated heterocycles. The fourth-order valence-corrected chi connectivity index (χ4v) is 1.78. The third kappa shape index (κ3) is 3.23. The Labute approximate surface area is 115 Å². The van der Waals surface area contributed by atoms with Gasteiger partial charge in [0.2, 0.25) is 0 Å². The Bertz CT molecular complexity index is 597. The highest BCUT2D eigenvalue weighted by Crippen LogP contribution is 2.19. The number of nitrogens with zero attached hydrogens (tertiary/aromatic N) is 2. The molecule has 1 amide bonds. The number of anilines is 1. The van der Waals surface area contributed by atoms with Gasteiger partial charge in [0.1, 0.15) is 17.3 Å². The number of aryl methyl sites for hydroxylation is 1. The van der Waals surface area contributed by atoms with Gasteiger partial charge >= 0.3 is 0 Å². The van der Waals surface area contributed by atoms with E-state index in [2.05, 4.69) is 20.8 Å². The average Bonchev–Trinajstić information content (AvgIpc) is 2.81. The van der Waals surface area contributed by atoms with Crippen molar-refractivity contribution in [1.82, 2.24) is 15.5 Å². The molecule has 0 spiro atoms. The van der Waals surface area contributed by atoms with Gasteiger partial charge in [-0.1, -0.05) is 16.8 Å². The highest BCUT2D eigenvalue weighted by molar-refractivity contribution is 6.33. The van der Waals surface area contributed by atoms with Crippen LogP contribution in [0.5, 0.6) is 0 Å². The molecule has 2 heterocycles. The zero-order chi connectivity index (χ0) is 13.8. The van der Waals surface area contributed by atoms with Crippen molar-refractivity contribution >= 4 is 23.3 Å². The van der Waals surface area contributed by atoms with Gasteiger partial charge in [0.25, 0.3) is 5.91 Å². The summed E-state index contributed by atoms with van der Waals surface area (Å²) in [5.74, 6) is 0.968. The van der Waals surface area contributed by atoms with Gasteiger partial charge in [-0.15, -0.1) is 0 Å². The van der Waals surface area contributed by atoms with Crippen LogP contribution in [0.25, 0.3) is 0 Å². The Balaban J connectivity index is 2.01. The predicted octanol–water partition coefficient (Wildman–Crippen LogP) is 2.00. The summed E-state index contributed by atoms with van der Waals surface area (Å²) in [5.41, 5.74) is 1.06. The lowest BCUT2D eigenvalue weighted by molar-refractivity contribution is 0.0950. The van der Waals surface area contributed by atoms with E-state index in [1.54, 1.807) is 26.1 Å². The number of hydrogen-bond acceptors (Lipinski definition) is 5. The number of amides is 1. The summed E-state index contributed by atoms with van der Waals surface area (Å²) in [6.45, 7) is 2.08. The maximum atomic E-state index is 11.9. The van der Waals surface area contributed by atoms with Crippen LogP contribution in [0.3, 0.4) is 0 Å². The van der Waals surface area contributed by atoms with Crippen molar-refractivity contribution in [3.8, 4) is 0 Å². The van der Waals surface area contributed by atoms with Crippen LogP contribution in [0.2, 0.25) is 5.02 Å². The summed E-state index contributed by atoms with van der Waals surface area (Å²) in [7, 11) is 1.71. The molecule has 100 valence electrons. The van der Waals surface area contributed by atoms with Crippen LogP contribution in [0.1, 0.15) is 21.8 Å². The first-order valence-electron chi connectivity index (χ1n) is 5.64. The van der Waals surface area contributed by atoms with E-state index in [0.717, 1.165) is 0 Å². The van der Waals surface area contributed by atoms with E-state index < -0.39 is 0 Å². The molecule has 0 aliphatic rings. The number of rotatable bonds is 4. The average molecular weight is 281 g/mol. The molecule has 2 N–H and O–H groups in total. The molecule has 2 rings (SSSR count). The molecule has 0 aliphatic heterocycles. The first-order valence-corrected chi connectivity index (χ1v) is 6.01. The molecule has 0 saturated carbocycles. The normalized spacial score (nSPS) is 10.3. The standard InChI is InChI=1S/C12H13ClN4O2/c1-7-3-9(17-19-7)6-16-12(18)8-4-10(13)11(14-2)15-5-8/h3-5H,6H2,1-2H3,(H,14,15)(H,16,18). The maximum Gasteiger partial charge on any atom is 0.253 e. The maximum absolute atomic E-state index is 11.9. The van der Waals surface area contributed by atoms with E-state index in [0.29, 0.717) is 34.4 Å². The number of pyridine rings is 1. The van der Waals surface area contributed by atoms with Crippen molar-refractivity contribution in [2.75, 3.05) is 12.4 Å². The molecule has 2 aromatic heterocycles. The Morgan fingerprint density at radius 1 is 1.47 bits per heavy atom. The lowest BCUT2D eigenvalue weighted by Gasteiger charge is -2.06. The number of halogens is 1. The molecule has 7 heteroatoms. The predicted molar refractivity (Wildman–Crippen MR) is 71.2 cm³/mol. The monoisotopic (exact) mass is 280 g/mol. The van der Waals surface area contributed by atoms with Crippen LogP contribution in [0.4, 0.5) is 5.82 Å². The van der Waals surface area contributed by atoms with E-state index in [1.165, 1.54) is 6.20 Å². The van der Waals surface area contributed by atoms with E-state index >= 15 is 0 Å². The summed E-state index contributed by atoms with van der Waals surface area (Å²) < 4.78 is 4.91. The van der Waals surface area contributed by atoms with E-state index in [4.69, 9.17) is 16.1 Å². The number of carbonyl (C=O) groups excluding carboxylic acids is 1. The Morgan fingerprint density at radius 3 is 2.84 bits per heavy atom. The molecule has 0 atom stereocenters. The minimum Gasteiger partial charge on any atom is -0.372 e. The number of nitrogens with one attached hydrogen (secondary N) is 2. The number of aromatic nitrogens is 2. The van der Waals surface area contributed by atoms with Crippen molar-refractivity contribution < 1.29 is 9.32 Å². The van der Waals surface area contributed by atoms with Crippen LogP contribution in [0.15, 0.2) is 22.9 Å². The highest BCUT2D eigenvalue weighted by Gasteiger charge is 2.10. The Morgan fingerprint density at radius 2 is 2.26 bits per heavy atom. The van der Waals surface area contributed by atoms with Gasteiger partial charge in [-0.3, -0.25) is 4.79 Å². The van der Waals surface area contributed by atoms with Gasteiger partial charge in [-0.25, -0.2) is 4.98 Å². The molecule has 0 aromatic carbocycles. The fraction of sp³-hybridized carbons (Fsp3) is 0.250. The second kappa shape index (κ2) is 5.71. The summed E-state index contributed by atoms with van der Waals surface area (Å²) in [6.07, 6.45) is 1.46. The lowest BCUT2D eigenvalue weighted by Crippen LogP contribution is -2.23. The zero-order valence-corrected chi connectivity index (χ0v) is 11.3. The summed E-state index contributed by atoms with van der Waals surface area (Å²) in [4.78, 5) is 15.9. The van der Waals surface area contributed by atoms with Gasteiger partial charge in [0, 0.05) is 19.3 Å². The van der Waals surface area contributed by atoms with Crippen LogP contribution in [-0.4, -0.2) is 23.1 Å². The van der Waals surface area contributed by atoms with Crippen LogP contribution in [-0.2, 0) is 6.54 Å². The molecule has 0 unspecified atom stereocenters. The van der Waals surface area contributed by atoms with Crippen molar-refractivity contribution in [1.29, 1.82) is 0 Å². The molecule has 0 fully saturated rings. The Kier molecular flexibility index (Phi) is 4.01. The van der Waals surface area contributed by atoms with E-state index in [-0.39, 0.29) is 5.91 Å². The lowest BCUT2D eigenvalue weighted by atomic mass is 10.2. The highest BCUT2D eigenvalue weighted by atomic mass is 35.5. The van der Waals surface area contributed by atoms with Crippen LogP contribution < -0.4 is 10.6 Å². The van der Waals surface area contributed by atoms with E-state index in [9.17, 15) is 4.79 Å². The summed E-state index contributed by atoms with van der Waals surface area (Å²) in [5, 5.41) is 9.72. The van der Waals surface area contributed by atoms with Crippen LogP contribution >= 0.6 is 11.6 Å². The number of hydrogen-bond donors (Lipinski definition) is 2. The second-order valence-corrected chi connectivity index (χ2v) is 4.32. The third-order valence-corrected chi connectivity index (χ3v) is 2.74. The summed E-state index contributed by atoms with van der Waals surface area (Å²) >= 11 is 5.96. The molecule has 0 bridgehead atoms. The Hall–Kier alpha value is -2.08. The minimum atomic E-state index is -0.266. The molecular weight excluding hydrogens is 268 g/mol. The van der Waals surface area contributed by atoms with Crippen LogP contribution in [0, 0.1) is 6.92 Å². The first-order chi connectivity index (χ1) is 9.10. The first kappa shape index (κ1) is 13.4. The van der Waals surface area contributed by atoms with Gasteiger partial charge in [-0.05, 0) is 13.0 Å². The topological polar surface area (TPSA) is 80.0 Å². The molecule has 19 heavy (non-hydrogen) atoms. The molecule has 2 aromatic rings. The van der Waals surface area contributed by atoms with Gasteiger partial charge in [0.15, 0.2) is 0 Å². The van der Waals surface area contributed by atoms with Gasteiger partial charge in [0.05, 0.1) is 17.1 Å². The second-order valence-electron chi connectivity index (χ2n) is 3.92. The number of carbonyl (C=O) groups is 1. The van der Waals surface area contributed by atoms with E-state index in [1.807, 2.05) is 0 Å². The molecule has 0 radical (unpaired) electrons. The largest absolute Gasteiger partial charge is 0.372 e. The van der Waals surface area contributed by atoms with Crippen molar-refractivity contribution in [2.24, 2.45) is 0 Å².